The molecular weight excluding hydrogens is 382 g/mol. The van der Waals surface area contributed by atoms with Crippen LogP contribution in [-0.2, 0) is 0 Å². The second-order valence-electron chi connectivity index (χ2n) is 5.44. The number of nitrogens with zero attached hydrogens (tertiary/aromatic N) is 3. The molecule has 0 unspecified atom stereocenters. The van der Waals surface area contributed by atoms with Crippen LogP contribution in [0.1, 0.15) is 5.56 Å². The van der Waals surface area contributed by atoms with Crippen molar-refractivity contribution in [1.82, 2.24) is 15.0 Å². The van der Waals surface area contributed by atoms with Crippen molar-refractivity contribution >= 4 is 33.4 Å². The molecule has 0 radical (unpaired) electrons. The number of rotatable bonds is 6. The van der Waals surface area contributed by atoms with Gasteiger partial charge in [0.2, 0.25) is 5.95 Å². The lowest BCUT2D eigenvalue weighted by Gasteiger charge is -2.12. The molecular formula is C18H18BrN5O. The fraction of sp³-hybridized carbons (Fsp3) is 0.167. The maximum absolute atomic E-state index is 9.03. The monoisotopic (exact) mass is 399 g/mol. The van der Waals surface area contributed by atoms with E-state index in [0.717, 1.165) is 27.0 Å². The molecule has 0 bridgehead atoms. The molecule has 3 aromatic rings. The summed E-state index contributed by atoms with van der Waals surface area (Å²) >= 11 is 3.50. The molecule has 0 fully saturated rings. The van der Waals surface area contributed by atoms with Crippen molar-refractivity contribution in [3.63, 3.8) is 0 Å². The molecule has 6 nitrogen and oxygen atoms in total. The number of hydrogen-bond donors (Lipinski definition) is 3. The Morgan fingerprint density at radius 2 is 1.88 bits per heavy atom. The van der Waals surface area contributed by atoms with Gasteiger partial charge in [0.25, 0.3) is 0 Å². The lowest BCUT2D eigenvalue weighted by Crippen LogP contribution is -2.10. The zero-order valence-corrected chi connectivity index (χ0v) is 15.3. The maximum atomic E-state index is 9.03. The molecule has 7 heteroatoms. The Morgan fingerprint density at radius 3 is 2.60 bits per heavy atom. The van der Waals surface area contributed by atoms with E-state index in [9.17, 15) is 0 Å². The van der Waals surface area contributed by atoms with Gasteiger partial charge in [-0.25, -0.2) is 4.98 Å². The van der Waals surface area contributed by atoms with Crippen LogP contribution >= 0.6 is 15.9 Å². The molecule has 0 spiro atoms. The maximum Gasteiger partial charge on any atom is 0.225 e. The highest BCUT2D eigenvalue weighted by Crippen LogP contribution is 2.25. The van der Waals surface area contributed by atoms with Crippen molar-refractivity contribution in [3.05, 3.63) is 58.8 Å². The molecule has 0 amide bonds. The summed E-state index contributed by atoms with van der Waals surface area (Å²) in [6, 6.07) is 11.7. The predicted molar refractivity (Wildman–Crippen MR) is 103 cm³/mol. The highest BCUT2D eigenvalue weighted by molar-refractivity contribution is 9.10. The van der Waals surface area contributed by atoms with Gasteiger partial charge in [0.15, 0.2) is 0 Å². The van der Waals surface area contributed by atoms with E-state index < -0.39 is 0 Å². The lowest BCUT2D eigenvalue weighted by atomic mass is 10.2. The standard InChI is InChI=1S/C18H18BrN5O/c1-12-10-14(2-3-15(12)19)22-17-11-16(13-4-6-20-7-5-13)23-18(24-17)21-8-9-25/h2-7,10-11,25H,8-9H2,1H3,(H2,21,22,23,24). The molecule has 0 saturated carbocycles. The van der Waals surface area contributed by atoms with E-state index in [2.05, 4.69) is 41.5 Å². The van der Waals surface area contributed by atoms with Crippen LogP contribution in [0.3, 0.4) is 0 Å². The number of benzene rings is 1. The minimum Gasteiger partial charge on any atom is -0.395 e. The third-order valence-electron chi connectivity index (χ3n) is 3.53. The van der Waals surface area contributed by atoms with Crippen LogP contribution in [0, 0.1) is 6.92 Å². The van der Waals surface area contributed by atoms with E-state index in [0.29, 0.717) is 18.3 Å². The van der Waals surface area contributed by atoms with Crippen molar-refractivity contribution in [2.75, 3.05) is 23.8 Å². The lowest BCUT2D eigenvalue weighted by molar-refractivity contribution is 0.311. The Bertz CT molecular complexity index is 857. The Kier molecular flexibility index (Phi) is 5.57. The van der Waals surface area contributed by atoms with E-state index in [1.54, 1.807) is 12.4 Å². The molecule has 0 atom stereocenters. The highest BCUT2D eigenvalue weighted by Gasteiger charge is 2.08. The highest BCUT2D eigenvalue weighted by atomic mass is 79.9. The number of hydrogen-bond acceptors (Lipinski definition) is 6. The van der Waals surface area contributed by atoms with E-state index in [-0.39, 0.29) is 6.61 Å². The normalized spacial score (nSPS) is 10.5. The molecule has 0 aliphatic heterocycles. The van der Waals surface area contributed by atoms with Crippen LogP contribution in [0.25, 0.3) is 11.3 Å². The molecule has 3 N–H and O–H groups in total. The molecule has 25 heavy (non-hydrogen) atoms. The summed E-state index contributed by atoms with van der Waals surface area (Å²) in [5.41, 5.74) is 3.79. The van der Waals surface area contributed by atoms with Gasteiger partial charge < -0.3 is 15.7 Å². The average molecular weight is 400 g/mol. The zero-order valence-electron chi connectivity index (χ0n) is 13.7. The number of aliphatic hydroxyl groups is 1. The molecule has 0 saturated heterocycles. The van der Waals surface area contributed by atoms with Crippen LogP contribution < -0.4 is 10.6 Å². The van der Waals surface area contributed by atoms with Crippen molar-refractivity contribution in [2.24, 2.45) is 0 Å². The zero-order chi connectivity index (χ0) is 17.6. The molecule has 2 aromatic heterocycles. The van der Waals surface area contributed by atoms with Gasteiger partial charge in [0.05, 0.1) is 12.3 Å². The number of aliphatic hydroxyl groups excluding tert-OH is 1. The number of anilines is 3. The van der Waals surface area contributed by atoms with Gasteiger partial charge in [-0.05, 0) is 42.8 Å². The number of pyridine rings is 1. The van der Waals surface area contributed by atoms with E-state index >= 15 is 0 Å². The summed E-state index contributed by atoms with van der Waals surface area (Å²) in [6.07, 6.45) is 3.45. The van der Waals surface area contributed by atoms with Crippen LogP contribution in [0.2, 0.25) is 0 Å². The van der Waals surface area contributed by atoms with Crippen molar-refractivity contribution in [1.29, 1.82) is 0 Å². The molecule has 3 rings (SSSR count). The summed E-state index contributed by atoms with van der Waals surface area (Å²) in [6.45, 7) is 2.43. The van der Waals surface area contributed by atoms with Crippen molar-refractivity contribution < 1.29 is 5.11 Å². The first kappa shape index (κ1) is 17.3. The minimum atomic E-state index is 0.0114. The molecule has 1 aromatic carbocycles. The van der Waals surface area contributed by atoms with Crippen LogP contribution in [0.4, 0.5) is 17.5 Å². The van der Waals surface area contributed by atoms with E-state index in [4.69, 9.17) is 5.11 Å². The fourth-order valence-corrected chi connectivity index (χ4v) is 2.55. The van der Waals surface area contributed by atoms with Crippen LogP contribution in [0.5, 0.6) is 0 Å². The molecule has 2 heterocycles. The van der Waals surface area contributed by atoms with Crippen molar-refractivity contribution in [3.8, 4) is 11.3 Å². The van der Waals surface area contributed by atoms with Gasteiger partial charge >= 0.3 is 0 Å². The quantitative estimate of drug-likeness (QED) is 0.585. The first-order chi connectivity index (χ1) is 12.2. The van der Waals surface area contributed by atoms with E-state index in [1.165, 1.54) is 0 Å². The fourth-order valence-electron chi connectivity index (χ4n) is 2.30. The van der Waals surface area contributed by atoms with Gasteiger partial charge in [-0.15, -0.1) is 0 Å². The van der Waals surface area contributed by atoms with Gasteiger partial charge in [-0.3, -0.25) is 4.98 Å². The first-order valence-corrected chi connectivity index (χ1v) is 8.62. The molecule has 0 aliphatic carbocycles. The number of halogens is 1. The second kappa shape index (κ2) is 8.04. The minimum absolute atomic E-state index is 0.0114. The Hall–Kier alpha value is -2.51. The second-order valence-corrected chi connectivity index (χ2v) is 6.29. The largest absolute Gasteiger partial charge is 0.395 e. The summed E-state index contributed by atoms with van der Waals surface area (Å²) in [4.78, 5) is 13.0. The molecule has 128 valence electrons. The number of aryl methyl sites for hydroxylation is 1. The Labute approximate surface area is 154 Å². The summed E-state index contributed by atoms with van der Waals surface area (Å²) in [5.74, 6) is 1.13. The SMILES string of the molecule is Cc1cc(Nc2cc(-c3ccncc3)nc(NCCO)n2)ccc1Br. The predicted octanol–water partition coefficient (Wildman–Crippen LogP) is 3.76. The topological polar surface area (TPSA) is 83.0 Å². The third-order valence-corrected chi connectivity index (χ3v) is 4.42. The van der Waals surface area contributed by atoms with Crippen LogP contribution in [0.15, 0.2) is 53.3 Å². The number of nitrogens with one attached hydrogen (secondary N) is 2. The van der Waals surface area contributed by atoms with Gasteiger partial charge in [-0.2, -0.15) is 4.98 Å². The first-order valence-electron chi connectivity index (χ1n) is 7.83. The van der Waals surface area contributed by atoms with E-state index in [1.807, 2.05) is 43.3 Å². The Morgan fingerprint density at radius 1 is 1.08 bits per heavy atom. The third kappa shape index (κ3) is 4.52. The Balaban J connectivity index is 1.95. The van der Waals surface area contributed by atoms with Gasteiger partial charge in [0, 0.05) is 40.7 Å². The molecule has 0 aliphatic rings. The summed E-state index contributed by atoms with van der Waals surface area (Å²) < 4.78 is 1.06. The number of aromatic nitrogens is 3. The summed E-state index contributed by atoms with van der Waals surface area (Å²) in [5, 5.41) is 15.4. The average Bonchev–Trinajstić information content (AvgIpc) is 2.63. The van der Waals surface area contributed by atoms with Crippen molar-refractivity contribution in [2.45, 2.75) is 6.92 Å². The smallest absolute Gasteiger partial charge is 0.225 e. The van der Waals surface area contributed by atoms with Gasteiger partial charge in [0.1, 0.15) is 5.82 Å². The summed E-state index contributed by atoms with van der Waals surface area (Å²) in [7, 11) is 0. The van der Waals surface area contributed by atoms with Gasteiger partial charge in [-0.1, -0.05) is 15.9 Å². The van der Waals surface area contributed by atoms with Crippen LogP contribution in [-0.4, -0.2) is 33.2 Å².